The third-order valence-electron chi connectivity index (χ3n) is 10.4. The number of fused-ring (bicyclic) bond motifs is 5. The Hall–Kier alpha value is -6.64. The van der Waals surface area contributed by atoms with Crippen molar-refractivity contribution in [1.82, 2.24) is 4.57 Å². The molecule has 0 radical (unpaired) electrons. The number of para-hydroxylation sites is 2. The largest absolute Gasteiger partial charge is 0.310 e. The van der Waals surface area contributed by atoms with Crippen molar-refractivity contribution < 1.29 is 0 Å². The lowest BCUT2D eigenvalue weighted by molar-refractivity contribution is 1.09. The van der Waals surface area contributed by atoms with Crippen LogP contribution >= 0.6 is 0 Å². The molecule has 1 aliphatic rings. The molecule has 0 unspecified atom stereocenters. The first-order valence-corrected chi connectivity index (χ1v) is 17.6. The fourth-order valence-electron chi connectivity index (χ4n) is 7.93. The first-order valence-electron chi connectivity index (χ1n) is 17.6. The molecular weight excluding hydrogens is 617 g/mol. The summed E-state index contributed by atoms with van der Waals surface area (Å²) >= 11 is 0. The lowest BCUT2D eigenvalue weighted by Gasteiger charge is -2.34. The number of hydrogen-bond acceptors (Lipinski definition) is 1. The number of rotatable bonds is 5. The summed E-state index contributed by atoms with van der Waals surface area (Å²) in [6, 6.07) is 70.6. The van der Waals surface area contributed by atoms with Crippen molar-refractivity contribution in [1.29, 1.82) is 0 Å². The van der Waals surface area contributed by atoms with E-state index in [9.17, 15) is 0 Å². The van der Waals surface area contributed by atoms with Crippen molar-refractivity contribution in [2.45, 2.75) is 6.42 Å². The van der Waals surface area contributed by atoms with E-state index in [1.807, 2.05) is 0 Å². The van der Waals surface area contributed by atoms with Gasteiger partial charge in [0.05, 0.1) is 11.0 Å². The van der Waals surface area contributed by atoms with Crippen LogP contribution < -0.4 is 4.90 Å². The zero-order valence-corrected chi connectivity index (χ0v) is 28.1. The van der Waals surface area contributed by atoms with Crippen LogP contribution in [0.1, 0.15) is 11.1 Å². The Morgan fingerprint density at radius 3 is 1.41 bits per heavy atom. The number of benzene rings is 8. The second kappa shape index (κ2) is 12.0. The van der Waals surface area contributed by atoms with E-state index in [1.54, 1.807) is 0 Å². The Morgan fingerprint density at radius 1 is 0.314 bits per heavy atom. The molecule has 1 aromatic heterocycles. The summed E-state index contributed by atoms with van der Waals surface area (Å²) in [6.07, 6.45) is 0.882. The van der Waals surface area contributed by atoms with Crippen molar-refractivity contribution in [3.05, 3.63) is 205 Å². The quantitative estimate of drug-likeness (QED) is 0.180. The molecule has 9 aromatic rings. The van der Waals surface area contributed by atoms with Crippen LogP contribution in [0.4, 0.5) is 17.1 Å². The summed E-state index contributed by atoms with van der Waals surface area (Å²) in [5, 5.41) is 2.53. The molecule has 240 valence electrons. The summed E-state index contributed by atoms with van der Waals surface area (Å²) in [4.78, 5) is 2.42. The highest BCUT2D eigenvalue weighted by Gasteiger charge is 2.25. The van der Waals surface area contributed by atoms with Gasteiger partial charge in [0.1, 0.15) is 0 Å². The molecule has 8 aromatic carbocycles. The van der Waals surface area contributed by atoms with E-state index in [1.165, 1.54) is 83.4 Å². The standard InChI is InChI=1S/C49H34N2/c1-4-12-34(13-5-1)37-22-27-46-40(30-37)32-41-31-38(23-28-47(41)50(46)42-16-8-3-9-17-42)36-20-25-43(26-21-36)51-48-19-11-10-18-44(48)45-33-39(24-29-49(45)51)35-14-6-2-7-15-35/h1-31,33H,32H2. The van der Waals surface area contributed by atoms with Gasteiger partial charge in [0.2, 0.25) is 0 Å². The predicted molar refractivity (Wildman–Crippen MR) is 215 cm³/mol. The molecule has 1 aliphatic heterocycles. The molecule has 0 atom stereocenters. The summed E-state index contributed by atoms with van der Waals surface area (Å²) in [7, 11) is 0. The first-order chi connectivity index (χ1) is 25.3. The van der Waals surface area contributed by atoms with Crippen LogP contribution in [-0.4, -0.2) is 4.57 Å². The van der Waals surface area contributed by atoms with Gasteiger partial charge in [-0.2, -0.15) is 0 Å². The monoisotopic (exact) mass is 650 g/mol. The van der Waals surface area contributed by atoms with Crippen molar-refractivity contribution >= 4 is 38.9 Å². The fraction of sp³-hybridized carbons (Fsp3) is 0.0204. The molecule has 0 bridgehead atoms. The average molecular weight is 651 g/mol. The molecule has 0 aliphatic carbocycles. The lowest BCUT2D eigenvalue weighted by atomic mass is 9.90. The van der Waals surface area contributed by atoms with E-state index in [-0.39, 0.29) is 0 Å². The number of anilines is 3. The summed E-state index contributed by atoms with van der Waals surface area (Å²) in [6.45, 7) is 0. The zero-order chi connectivity index (χ0) is 33.7. The normalized spacial score (nSPS) is 12.2. The number of nitrogens with zero attached hydrogens (tertiary/aromatic N) is 2. The molecule has 0 N–H and O–H groups in total. The van der Waals surface area contributed by atoms with E-state index in [0.29, 0.717) is 0 Å². The van der Waals surface area contributed by atoms with E-state index >= 15 is 0 Å². The molecule has 2 heterocycles. The minimum absolute atomic E-state index is 0.882. The molecule has 2 heteroatoms. The van der Waals surface area contributed by atoms with Gasteiger partial charge < -0.3 is 9.47 Å². The number of aromatic nitrogens is 1. The van der Waals surface area contributed by atoms with Crippen molar-refractivity contribution in [2.24, 2.45) is 0 Å². The smallest absolute Gasteiger partial charge is 0.0541 e. The van der Waals surface area contributed by atoms with Crippen molar-refractivity contribution in [3.63, 3.8) is 0 Å². The molecule has 0 saturated carbocycles. The highest BCUT2D eigenvalue weighted by atomic mass is 15.2. The fourth-order valence-corrected chi connectivity index (χ4v) is 7.93. The zero-order valence-electron chi connectivity index (χ0n) is 28.1. The SMILES string of the molecule is c1ccc(-c2ccc3c(c2)Cc2cc(-c4ccc(-n5c6ccccc6c6cc(-c7ccccc7)ccc65)cc4)ccc2N3c2ccccc2)cc1. The van der Waals surface area contributed by atoms with E-state index in [2.05, 4.69) is 204 Å². The topological polar surface area (TPSA) is 8.17 Å². The predicted octanol–water partition coefficient (Wildman–Crippen LogP) is 13.2. The van der Waals surface area contributed by atoms with Gasteiger partial charge in [-0.15, -0.1) is 0 Å². The van der Waals surface area contributed by atoms with Crippen molar-refractivity contribution in [3.8, 4) is 39.1 Å². The van der Waals surface area contributed by atoms with E-state index < -0.39 is 0 Å². The average Bonchev–Trinajstić information content (AvgIpc) is 3.54. The maximum absolute atomic E-state index is 2.42. The van der Waals surface area contributed by atoms with E-state index in [4.69, 9.17) is 0 Å². The van der Waals surface area contributed by atoms with Gasteiger partial charge in [0.25, 0.3) is 0 Å². The molecule has 51 heavy (non-hydrogen) atoms. The minimum Gasteiger partial charge on any atom is -0.310 e. The second-order valence-electron chi connectivity index (χ2n) is 13.4. The maximum atomic E-state index is 2.42. The Balaban J connectivity index is 1.04. The Morgan fingerprint density at radius 2 is 0.784 bits per heavy atom. The van der Waals surface area contributed by atoms with Crippen LogP contribution in [0.5, 0.6) is 0 Å². The van der Waals surface area contributed by atoms with Crippen LogP contribution in [-0.2, 0) is 6.42 Å². The molecular formula is C49H34N2. The second-order valence-corrected chi connectivity index (χ2v) is 13.4. The lowest BCUT2D eigenvalue weighted by Crippen LogP contribution is -2.18. The van der Waals surface area contributed by atoms with Gasteiger partial charge in [-0.1, -0.05) is 127 Å². The van der Waals surface area contributed by atoms with Crippen molar-refractivity contribution in [2.75, 3.05) is 4.90 Å². The Labute approximate surface area is 298 Å². The molecule has 0 saturated heterocycles. The van der Waals surface area contributed by atoms with Crippen LogP contribution in [0.3, 0.4) is 0 Å². The molecule has 2 nitrogen and oxygen atoms in total. The van der Waals surface area contributed by atoms with Gasteiger partial charge in [0, 0.05) is 39.9 Å². The van der Waals surface area contributed by atoms with Crippen LogP contribution in [0.15, 0.2) is 194 Å². The third kappa shape index (κ3) is 5.04. The van der Waals surface area contributed by atoms with E-state index in [0.717, 1.165) is 12.1 Å². The van der Waals surface area contributed by atoms with Crippen LogP contribution in [0, 0.1) is 0 Å². The summed E-state index contributed by atoms with van der Waals surface area (Å²) < 4.78 is 2.40. The third-order valence-corrected chi connectivity index (χ3v) is 10.4. The first kappa shape index (κ1) is 29.3. The highest BCUT2D eigenvalue weighted by molar-refractivity contribution is 6.10. The van der Waals surface area contributed by atoms with Crippen LogP contribution in [0.2, 0.25) is 0 Å². The van der Waals surface area contributed by atoms with Crippen LogP contribution in [0.25, 0.3) is 60.9 Å². The minimum atomic E-state index is 0.882. The van der Waals surface area contributed by atoms with Gasteiger partial charge in [-0.25, -0.2) is 0 Å². The van der Waals surface area contributed by atoms with Gasteiger partial charge in [-0.3, -0.25) is 0 Å². The molecule has 0 amide bonds. The maximum Gasteiger partial charge on any atom is 0.0541 e. The Kier molecular flexibility index (Phi) is 6.92. The Bertz CT molecular complexity index is 2690. The number of hydrogen-bond donors (Lipinski definition) is 0. The van der Waals surface area contributed by atoms with Gasteiger partial charge in [0.15, 0.2) is 0 Å². The summed E-state index contributed by atoms with van der Waals surface area (Å²) in [5.41, 5.74) is 17.3. The summed E-state index contributed by atoms with van der Waals surface area (Å²) in [5.74, 6) is 0. The molecule has 0 fully saturated rings. The van der Waals surface area contributed by atoms with Gasteiger partial charge >= 0.3 is 0 Å². The highest BCUT2D eigenvalue weighted by Crippen LogP contribution is 2.46. The van der Waals surface area contributed by atoms with Gasteiger partial charge in [-0.05, 0) is 111 Å². The molecule has 0 spiro atoms. The molecule has 10 rings (SSSR count).